The molecule has 2 aromatic heterocycles. The van der Waals surface area contributed by atoms with Crippen molar-refractivity contribution in [2.45, 2.75) is 13.8 Å². The monoisotopic (exact) mass is 294 g/mol. The first-order chi connectivity index (χ1) is 10.6. The van der Waals surface area contributed by atoms with Gasteiger partial charge in [0.05, 0.1) is 0 Å². The predicted molar refractivity (Wildman–Crippen MR) is 81.4 cm³/mol. The maximum absolute atomic E-state index is 12.2. The summed E-state index contributed by atoms with van der Waals surface area (Å²) in [5.74, 6) is 0.0471. The Morgan fingerprint density at radius 1 is 1.05 bits per heavy atom. The predicted octanol–water partition coefficient (Wildman–Crippen LogP) is 3.00. The molecule has 0 atom stereocenters. The first-order valence-electron chi connectivity index (χ1n) is 6.76. The maximum atomic E-state index is 12.2. The van der Waals surface area contributed by atoms with E-state index in [0.29, 0.717) is 11.5 Å². The molecule has 0 fully saturated rings. The zero-order valence-corrected chi connectivity index (χ0v) is 12.2. The summed E-state index contributed by atoms with van der Waals surface area (Å²) < 4.78 is 5.43. The Kier molecular flexibility index (Phi) is 3.65. The average molecular weight is 294 g/mol. The largest absolute Gasteiger partial charge is 0.403 e. The number of aryl methyl sites for hydroxylation is 2. The summed E-state index contributed by atoms with van der Waals surface area (Å²) in [6.45, 7) is 3.95. The van der Waals surface area contributed by atoms with Gasteiger partial charge < -0.3 is 4.42 Å². The second-order valence-corrected chi connectivity index (χ2v) is 4.90. The number of benzene rings is 1. The van der Waals surface area contributed by atoms with Crippen LogP contribution in [0.15, 0.2) is 47.1 Å². The molecule has 6 nitrogen and oxygen atoms in total. The van der Waals surface area contributed by atoms with Crippen molar-refractivity contribution in [2.75, 3.05) is 5.32 Å². The van der Waals surface area contributed by atoms with Gasteiger partial charge in [-0.1, -0.05) is 11.2 Å². The molecule has 3 rings (SSSR count). The van der Waals surface area contributed by atoms with E-state index >= 15 is 0 Å². The number of aromatic nitrogens is 3. The molecule has 0 aliphatic carbocycles. The number of pyridine rings is 1. The van der Waals surface area contributed by atoms with Crippen LogP contribution in [0.1, 0.15) is 21.5 Å². The molecule has 0 spiro atoms. The van der Waals surface area contributed by atoms with Crippen LogP contribution in [0.5, 0.6) is 0 Å². The average Bonchev–Trinajstić information content (AvgIpc) is 2.99. The minimum atomic E-state index is -0.284. The van der Waals surface area contributed by atoms with E-state index in [1.54, 1.807) is 30.6 Å². The fourth-order valence-electron chi connectivity index (χ4n) is 1.94. The summed E-state index contributed by atoms with van der Waals surface area (Å²) >= 11 is 0. The Morgan fingerprint density at radius 3 is 2.55 bits per heavy atom. The highest BCUT2D eigenvalue weighted by molar-refractivity contribution is 6.03. The van der Waals surface area contributed by atoms with E-state index in [1.807, 2.05) is 26.0 Å². The van der Waals surface area contributed by atoms with Crippen LogP contribution >= 0.6 is 0 Å². The zero-order chi connectivity index (χ0) is 15.5. The molecule has 1 amide bonds. The van der Waals surface area contributed by atoms with Crippen molar-refractivity contribution in [3.05, 3.63) is 59.4 Å². The molecule has 2 heterocycles. The molecule has 0 saturated carbocycles. The highest BCUT2D eigenvalue weighted by atomic mass is 16.4. The van der Waals surface area contributed by atoms with Crippen LogP contribution in [0.4, 0.5) is 6.01 Å². The van der Waals surface area contributed by atoms with Gasteiger partial charge in [0, 0.05) is 23.5 Å². The first-order valence-corrected chi connectivity index (χ1v) is 6.76. The van der Waals surface area contributed by atoms with E-state index in [2.05, 4.69) is 20.5 Å². The van der Waals surface area contributed by atoms with Gasteiger partial charge in [0.25, 0.3) is 5.91 Å². The quantitative estimate of drug-likeness (QED) is 0.803. The lowest BCUT2D eigenvalue weighted by Gasteiger charge is -2.04. The number of amides is 1. The molecule has 0 saturated heterocycles. The minimum Gasteiger partial charge on any atom is -0.403 e. The van der Waals surface area contributed by atoms with E-state index in [4.69, 9.17) is 4.42 Å². The van der Waals surface area contributed by atoms with Gasteiger partial charge in [-0.15, -0.1) is 5.10 Å². The van der Waals surface area contributed by atoms with Crippen molar-refractivity contribution in [3.8, 4) is 11.5 Å². The van der Waals surface area contributed by atoms with Gasteiger partial charge >= 0.3 is 6.01 Å². The number of anilines is 1. The summed E-state index contributed by atoms with van der Waals surface area (Å²) in [5, 5.41) is 10.3. The van der Waals surface area contributed by atoms with Gasteiger partial charge in [0.2, 0.25) is 5.89 Å². The lowest BCUT2D eigenvalue weighted by Crippen LogP contribution is -2.12. The molecule has 1 aromatic carbocycles. The van der Waals surface area contributed by atoms with Crippen molar-refractivity contribution in [3.63, 3.8) is 0 Å². The third kappa shape index (κ3) is 2.85. The molecule has 0 aliphatic rings. The van der Waals surface area contributed by atoms with Crippen LogP contribution in [-0.2, 0) is 0 Å². The number of carbonyl (C=O) groups excluding carboxylic acids is 1. The van der Waals surface area contributed by atoms with Crippen LogP contribution < -0.4 is 5.32 Å². The minimum absolute atomic E-state index is 0.0649. The maximum Gasteiger partial charge on any atom is 0.322 e. The van der Waals surface area contributed by atoms with Crippen molar-refractivity contribution >= 4 is 11.9 Å². The number of carbonyl (C=O) groups is 1. The Morgan fingerprint density at radius 2 is 1.82 bits per heavy atom. The zero-order valence-electron chi connectivity index (χ0n) is 12.2. The summed E-state index contributed by atoms with van der Waals surface area (Å²) in [6.07, 6.45) is 3.26. The molecule has 0 bridgehead atoms. The lowest BCUT2D eigenvalue weighted by atomic mass is 10.1. The molecular weight excluding hydrogens is 280 g/mol. The van der Waals surface area contributed by atoms with E-state index in [9.17, 15) is 4.79 Å². The van der Waals surface area contributed by atoms with Crippen LogP contribution in [-0.4, -0.2) is 21.1 Å². The van der Waals surface area contributed by atoms with Crippen molar-refractivity contribution in [1.82, 2.24) is 15.2 Å². The Bertz CT molecular complexity index is 812. The second kappa shape index (κ2) is 5.77. The SMILES string of the molecule is Cc1ccc(C(=O)Nc2nnc(-c3ccncc3)o2)cc1C. The Hall–Kier alpha value is -3.02. The molecule has 0 aliphatic heterocycles. The number of rotatable bonds is 3. The molecule has 1 N–H and O–H groups in total. The van der Waals surface area contributed by atoms with Crippen LogP contribution in [0.25, 0.3) is 11.5 Å². The van der Waals surface area contributed by atoms with Gasteiger partial charge in [-0.25, -0.2) is 0 Å². The fraction of sp³-hybridized carbons (Fsp3) is 0.125. The van der Waals surface area contributed by atoms with Crippen LogP contribution in [0.3, 0.4) is 0 Å². The topological polar surface area (TPSA) is 80.9 Å². The number of nitrogens with one attached hydrogen (secondary N) is 1. The van der Waals surface area contributed by atoms with Crippen molar-refractivity contribution in [2.24, 2.45) is 0 Å². The third-order valence-corrected chi connectivity index (χ3v) is 3.34. The molecule has 3 aromatic rings. The smallest absolute Gasteiger partial charge is 0.322 e. The molecule has 110 valence electrons. The first kappa shape index (κ1) is 13.9. The normalized spacial score (nSPS) is 10.5. The van der Waals surface area contributed by atoms with Gasteiger partial charge in [-0.2, -0.15) is 0 Å². The Balaban J connectivity index is 1.77. The van der Waals surface area contributed by atoms with Crippen molar-refractivity contribution in [1.29, 1.82) is 0 Å². The number of hydrogen-bond acceptors (Lipinski definition) is 5. The van der Waals surface area contributed by atoms with Crippen LogP contribution in [0, 0.1) is 13.8 Å². The highest BCUT2D eigenvalue weighted by Gasteiger charge is 2.13. The molecule has 6 heteroatoms. The van der Waals surface area contributed by atoms with Crippen LogP contribution in [0.2, 0.25) is 0 Å². The van der Waals surface area contributed by atoms with E-state index < -0.39 is 0 Å². The van der Waals surface area contributed by atoms with Gasteiger partial charge in [0.15, 0.2) is 0 Å². The van der Waals surface area contributed by atoms with E-state index in [0.717, 1.165) is 16.7 Å². The molecular formula is C16H14N4O2. The molecule has 22 heavy (non-hydrogen) atoms. The van der Waals surface area contributed by atoms with Crippen molar-refractivity contribution < 1.29 is 9.21 Å². The number of nitrogens with zero attached hydrogens (tertiary/aromatic N) is 3. The summed E-state index contributed by atoms with van der Waals surface area (Å²) in [6, 6.07) is 9.06. The standard InChI is InChI=1S/C16H14N4O2/c1-10-3-4-13(9-11(10)2)14(21)18-16-20-19-15(22-16)12-5-7-17-8-6-12/h3-9H,1-2H3,(H,18,20,21). The van der Waals surface area contributed by atoms with Gasteiger partial charge in [-0.05, 0) is 49.2 Å². The molecule has 0 radical (unpaired) electrons. The Labute approximate surface area is 127 Å². The highest BCUT2D eigenvalue weighted by Crippen LogP contribution is 2.19. The molecule has 0 unspecified atom stereocenters. The lowest BCUT2D eigenvalue weighted by molar-refractivity contribution is 0.102. The van der Waals surface area contributed by atoms with E-state index in [1.165, 1.54) is 0 Å². The van der Waals surface area contributed by atoms with Gasteiger partial charge in [-0.3, -0.25) is 15.1 Å². The fourth-order valence-corrected chi connectivity index (χ4v) is 1.94. The van der Waals surface area contributed by atoms with E-state index in [-0.39, 0.29) is 11.9 Å². The summed E-state index contributed by atoms with van der Waals surface area (Å²) in [4.78, 5) is 16.1. The third-order valence-electron chi connectivity index (χ3n) is 3.34. The summed E-state index contributed by atoms with van der Waals surface area (Å²) in [5.41, 5.74) is 3.48. The number of hydrogen-bond donors (Lipinski definition) is 1. The summed E-state index contributed by atoms with van der Waals surface area (Å²) in [7, 11) is 0. The van der Waals surface area contributed by atoms with Gasteiger partial charge in [0.1, 0.15) is 0 Å². The second-order valence-electron chi connectivity index (χ2n) is 4.90.